The number of carbonyl (C=O) groups excluding carboxylic acids is 1. The normalized spacial score (nSPS) is 10.1. The van der Waals surface area contributed by atoms with Crippen molar-refractivity contribution in [2.45, 2.75) is 13.3 Å². The van der Waals surface area contributed by atoms with Crippen molar-refractivity contribution in [3.8, 4) is 17.2 Å². The van der Waals surface area contributed by atoms with Gasteiger partial charge in [0.2, 0.25) is 0 Å². The van der Waals surface area contributed by atoms with E-state index in [1.54, 1.807) is 12.1 Å². The second-order valence-corrected chi connectivity index (χ2v) is 5.71. The number of rotatable bonds is 4. The van der Waals surface area contributed by atoms with Gasteiger partial charge in [-0.15, -0.1) is 0 Å². The van der Waals surface area contributed by atoms with Crippen LogP contribution in [0.4, 0.5) is 5.69 Å². The largest absolute Gasteiger partial charge is 0.322 e. The molecule has 0 unspecified atom stereocenters. The highest BCUT2D eigenvalue weighted by molar-refractivity contribution is 6.09. The molecule has 3 aromatic rings. The number of hydrogen-bond donors (Lipinski definition) is 1. The number of nitrogens with zero attached hydrogens (tertiary/aromatic N) is 1. The molecule has 0 aliphatic carbocycles. The van der Waals surface area contributed by atoms with Crippen LogP contribution in [0.25, 0.3) is 11.1 Å². The zero-order chi connectivity index (χ0) is 17.6. The fourth-order valence-electron chi connectivity index (χ4n) is 2.80. The predicted molar refractivity (Wildman–Crippen MR) is 100 cm³/mol. The summed E-state index contributed by atoms with van der Waals surface area (Å²) in [6.45, 7) is 2.08. The maximum atomic E-state index is 12.8. The highest BCUT2D eigenvalue weighted by Crippen LogP contribution is 2.27. The van der Waals surface area contributed by atoms with Gasteiger partial charge in [-0.1, -0.05) is 55.5 Å². The fourth-order valence-corrected chi connectivity index (χ4v) is 2.80. The number of benzene rings is 3. The smallest absolute Gasteiger partial charge is 0.256 e. The van der Waals surface area contributed by atoms with Crippen LogP contribution in [0.3, 0.4) is 0 Å². The number of nitriles is 1. The quantitative estimate of drug-likeness (QED) is 0.730. The molecule has 1 N–H and O–H groups in total. The molecule has 0 saturated carbocycles. The summed E-state index contributed by atoms with van der Waals surface area (Å²) in [6, 6.07) is 24.7. The Bertz CT molecular complexity index is 954. The van der Waals surface area contributed by atoms with Gasteiger partial charge in [-0.2, -0.15) is 5.26 Å². The van der Waals surface area contributed by atoms with Crippen LogP contribution >= 0.6 is 0 Å². The van der Waals surface area contributed by atoms with Gasteiger partial charge in [0.1, 0.15) is 0 Å². The van der Waals surface area contributed by atoms with Crippen LogP contribution in [0.15, 0.2) is 72.8 Å². The van der Waals surface area contributed by atoms with Crippen LogP contribution in [0.1, 0.15) is 28.4 Å². The van der Waals surface area contributed by atoms with Crippen molar-refractivity contribution in [3.63, 3.8) is 0 Å². The lowest BCUT2D eigenvalue weighted by atomic mass is 9.95. The molecule has 0 spiro atoms. The zero-order valence-electron chi connectivity index (χ0n) is 14.0. The van der Waals surface area contributed by atoms with Crippen molar-refractivity contribution in [1.82, 2.24) is 0 Å². The van der Waals surface area contributed by atoms with Crippen molar-refractivity contribution < 1.29 is 4.79 Å². The lowest BCUT2D eigenvalue weighted by Gasteiger charge is -2.12. The van der Waals surface area contributed by atoms with E-state index in [2.05, 4.69) is 18.3 Å². The van der Waals surface area contributed by atoms with Gasteiger partial charge in [0.25, 0.3) is 5.91 Å². The van der Waals surface area contributed by atoms with Gasteiger partial charge in [-0.25, -0.2) is 0 Å². The van der Waals surface area contributed by atoms with Gasteiger partial charge in [0.15, 0.2) is 0 Å². The molecule has 0 saturated heterocycles. The Kier molecular flexibility index (Phi) is 4.92. The first kappa shape index (κ1) is 16.5. The van der Waals surface area contributed by atoms with Crippen LogP contribution < -0.4 is 5.32 Å². The lowest BCUT2D eigenvalue weighted by Crippen LogP contribution is -2.13. The third-order valence-electron chi connectivity index (χ3n) is 4.10. The standard InChI is InChI=1S/C22H18N2O/c1-2-16-8-7-10-18(14-16)24-22(25)21-13-6-5-12-20(21)19-11-4-3-9-17(19)15-23/h3-14H,2H2,1H3,(H,24,25). The van der Waals surface area contributed by atoms with E-state index < -0.39 is 0 Å². The molecule has 0 fully saturated rings. The molecule has 0 aromatic heterocycles. The molecular formula is C22H18N2O. The third-order valence-corrected chi connectivity index (χ3v) is 4.10. The van der Waals surface area contributed by atoms with Crippen LogP contribution in [0, 0.1) is 11.3 Å². The molecule has 0 aliphatic rings. The summed E-state index contributed by atoms with van der Waals surface area (Å²) in [4.78, 5) is 12.8. The van der Waals surface area contributed by atoms with Gasteiger partial charge < -0.3 is 5.32 Å². The molecule has 0 heterocycles. The number of anilines is 1. The van der Waals surface area contributed by atoms with Crippen molar-refractivity contribution >= 4 is 11.6 Å². The van der Waals surface area contributed by atoms with E-state index in [9.17, 15) is 10.1 Å². The van der Waals surface area contributed by atoms with Crippen molar-refractivity contribution in [3.05, 3.63) is 89.5 Å². The van der Waals surface area contributed by atoms with Crippen molar-refractivity contribution in [2.75, 3.05) is 5.32 Å². The lowest BCUT2D eigenvalue weighted by molar-refractivity contribution is 0.102. The molecule has 0 aliphatic heterocycles. The summed E-state index contributed by atoms with van der Waals surface area (Å²) in [5, 5.41) is 12.3. The Morgan fingerprint density at radius 2 is 1.68 bits per heavy atom. The molecule has 0 radical (unpaired) electrons. The molecular weight excluding hydrogens is 308 g/mol. The fraction of sp³-hybridized carbons (Fsp3) is 0.0909. The van der Waals surface area contributed by atoms with Crippen molar-refractivity contribution in [1.29, 1.82) is 5.26 Å². The third kappa shape index (κ3) is 3.59. The number of nitrogens with one attached hydrogen (secondary N) is 1. The second kappa shape index (κ2) is 7.46. The van der Waals surface area contributed by atoms with E-state index >= 15 is 0 Å². The Labute approximate surface area is 147 Å². The first-order valence-electron chi connectivity index (χ1n) is 8.21. The molecule has 1 amide bonds. The maximum Gasteiger partial charge on any atom is 0.256 e. The van der Waals surface area contributed by atoms with E-state index in [4.69, 9.17) is 0 Å². The predicted octanol–water partition coefficient (Wildman–Crippen LogP) is 5.04. The van der Waals surface area contributed by atoms with Crippen LogP contribution in [0.2, 0.25) is 0 Å². The van der Waals surface area contributed by atoms with E-state index in [0.717, 1.165) is 23.2 Å². The average molecular weight is 326 g/mol. The Morgan fingerprint density at radius 1 is 0.960 bits per heavy atom. The summed E-state index contributed by atoms with van der Waals surface area (Å²) in [5.74, 6) is -0.184. The molecule has 0 atom stereocenters. The maximum absolute atomic E-state index is 12.8. The molecule has 25 heavy (non-hydrogen) atoms. The minimum Gasteiger partial charge on any atom is -0.322 e. The topological polar surface area (TPSA) is 52.9 Å². The molecule has 3 rings (SSSR count). The minimum absolute atomic E-state index is 0.184. The summed E-state index contributed by atoms with van der Waals surface area (Å²) >= 11 is 0. The van der Waals surface area contributed by atoms with Gasteiger partial charge in [-0.05, 0) is 41.8 Å². The van der Waals surface area contributed by atoms with E-state index in [1.165, 1.54) is 5.56 Å². The number of carbonyl (C=O) groups is 1. The van der Waals surface area contributed by atoms with Crippen LogP contribution in [0.5, 0.6) is 0 Å². The first-order chi connectivity index (χ1) is 12.2. The molecule has 3 nitrogen and oxygen atoms in total. The van der Waals surface area contributed by atoms with Gasteiger partial charge in [-0.3, -0.25) is 4.79 Å². The van der Waals surface area contributed by atoms with Crippen molar-refractivity contribution in [2.24, 2.45) is 0 Å². The van der Waals surface area contributed by atoms with Gasteiger partial charge >= 0.3 is 0 Å². The molecule has 122 valence electrons. The summed E-state index contributed by atoms with van der Waals surface area (Å²) < 4.78 is 0. The summed E-state index contributed by atoms with van der Waals surface area (Å²) in [5.41, 5.74) is 4.55. The summed E-state index contributed by atoms with van der Waals surface area (Å²) in [6.07, 6.45) is 0.913. The van der Waals surface area contributed by atoms with E-state index in [1.807, 2.05) is 60.7 Å². The van der Waals surface area contributed by atoms with Crippen LogP contribution in [-0.4, -0.2) is 5.91 Å². The van der Waals surface area contributed by atoms with Gasteiger partial charge in [0, 0.05) is 16.8 Å². The Balaban J connectivity index is 1.98. The number of amides is 1. The van der Waals surface area contributed by atoms with Crippen LogP contribution in [-0.2, 0) is 6.42 Å². The first-order valence-corrected chi connectivity index (χ1v) is 8.21. The number of aryl methyl sites for hydroxylation is 1. The molecule has 3 aromatic carbocycles. The SMILES string of the molecule is CCc1cccc(NC(=O)c2ccccc2-c2ccccc2C#N)c1. The highest BCUT2D eigenvalue weighted by Gasteiger charge is 2.15. The monoisotopic (exact) mass is 326 g/mol. The minimum atomic E-state index is -0.184. The second-order valence-electron chi connectivity index (χ2n) is 5.71. The molecule has 0 bridgehead atoms. The Morgan fingerprint density at radius 3 is 2.44 bits per heavy atom. The van der Waals surface area contributed by atoms with E-state index in [0.29, 0.717) is 11.1 Å². The Hall–Kier alpha value is -3.38. The highest BCUT2D eigenvalue weighted by atomic mass is 16.1. The molecule has 3 heteroatoms. The zero-order valence-corrected chi connectivity index (χ0v) is 14.0. The van der Waals surface area contributed by atoms with E-state index in [-0.39, 0.29) is 5.91 Å². The summed E-state index contributed by atoms with van der Waals surface area (Å²) in [7, 11) is 0. The number of hydrogen-bond acceptors (Lipinski definition) is 2. The average Bonchev–Trinajstić information content (AvgIpc) is 2.68. The van der Waals surface area contributed by atoms with Gasteiger partial charge in [0.05, 0.1) is 11.6 Å².